The Labute approximate surface area is 149 Å². The van der Waals surface area contributed by atoms with Gasteiger partial charge >= 0.3 is 0 Å². The summed E-state index contributed by atoms with van der Waals surface area (Å²) < 4.78 is 0. The Morgan fingerprint density at radius 3 is 0.526 bits per heavy atom. The topological polar surface area (TPSA) is 0 Å². The van der Waals surface area contributed by atoms with Crippen LogP contribution in [0.1, 0.15) is 1.43 Å². The predicted octanol–water partition coefficient (Wildman–Crippen LogP) is 5.76. The smallest absolute Gasteiger partial charge is 0.0444 e. The molecular weight excluding hydrogens is 489 g/mol. The Hall–Kier alpha value is 1.75. The Bertz CT molecular complexity index is 182. The van der Waals surface area contributed by atoms with Crippen LogP contribution in [-0.2, 0) is 0 Å². The summed E-state index contributed by atoms with van der Waals surface area (Å²) in [4.78, 5) is 0. The fourth-order valence-electron chi connectivity index (χ4n) is 2.60. The van der Waals surface area contributed by atoms with Crippen molar-refractivity contribution in [3.05, 3.63) is 11.3 Å². The summed E-state index contributed by atoms with van der Waals surface area (Å²) >= 11 is 0. The van der Waals surface area contributed by atoms with Crippen LogP contribution in [0, 0.1) is 11.3 Å². The molecule has 0 atom stereocenters. The van der Waals surface area contributed by atoms with Gasteiger partial charge in [0.1, 0.15) is 0 Å². The maximum atomic E-state index is 2.65. The molecular formula is C14H40BiSi4. The van der Waals surface area contributed by atoms with E-state index in [4.69, 9.17) is 0 Å². The molecule has 117 valence electrons. The second-order valence-electron chi connectivity index (χ2n) is 9.75. The van der Waals surface area contributed by atoms with Crippen LogP contribution in [0.15, 0.2) is 0 Å². The molecule has 0 aromatic rings. The van der Waals surface area contributed by atoms with Crippen molar-refractivity contribution in [3.63, 3.8) is 0 Å². The standard InChI is InChI=1S/2C7H19Si2.Bi.H2/c2*1-8(2,3)7-9(4,5)6;;/h2*7H,1-6H3;;1H. The van der Waals surface area contributed by atoms with Gasteiger partial charge < -0.3 is 0 Å². The van der Waals surface area contributed by atoms with E-state index in [1.807, 2.05) is 0 Å². The van der Waals surface area contributed by atoms with E-state index in [0.717, 1.165) is 0 Å². The van der Waals surface area contributed by atoms with Crippen molar-refractivity contribution >= 4 is 58.5 Å². The molecule has 0 amide bonds. The average molecular weight is 530 g/mol. The van der Waals surface area contributed by atoms with Gasteiger partial charge in [-0.05, 0) is 0 Å². The van der Waals surface area contributed by atoms with Crippen LogP contribution in [0.3, 0.4) is 0 Å². The third kappa shape index (κ3) is 32.9. The molecule has 0 fully saturated rings. The van der Waals surface area contributed by atoms with Gasteiger partial charge in [-0.2, -0.15) is 0 Å². The Morgan fingerprint density at radius 2 is 0.526 bits per heavy atom. The quantitative estimate of drug-likeness (QED) is 0.407. The van der Waals surface area contributed by atoms with Crippen LogP contribution in [0.25, 0.3) is 0 Å². The zero-order chi connectivity index (χ0) is 15.4. The third-order valence-corrected chi connectivity index (χ3v) is 15.6. The van der Waals surface area contributed by atoms with Crippen LogP contribution < -0.4 is 0 Å². The second-order valence-corrected chi connectivity index (χ2v) is 31.0. The van der Waals surface area contributed by atoms with Crippen molar-refractivity contribution in [2.24, 2.45) is 0 Å². The summed E-state index contributed by atoms with van der Waals surface area (Å²) in [6.07, 6.45) is 0. The number of rotatable bonds is 4. The van der Waals surface area contributed by atoms with Crippen LogP contribution >= 0.6 is 0 Å². The molecule has 0 nitrogen and oxygen atoms in total. The SMILES string of the molecule is C[Si](C)(C)[CH][Si](C)(C)C.C[Si](C)(C)[CH][Si](C)(C)C.[Bi].[HH]. The first kappa shape index (κ1) is 25.7. The van der Waals surface area contributed by atoms with Crippen LogP contribution in [0.5, 0.6) is 0 Å². The van der Waals surface area contributed by atoms with E-state index in [1.54, 1.807) is 0 Å². The van der Waals surface area contributed by atoms with Crippen molar-refractivity contribution in [1.82, 2.24) is 0 Å². The Morgan fingerprint density at radius 1 is 0.421 bits per heavy atom. The van der Waals surface area contributed by atoms with Crippen LogP contribution in [0.4, 0.5) is 0 Å². The van der Waals surface area contributed by atoms with Crippen molar-refractivity contribution in [3.8, 4) is 0 Å². The van der Waals surface area contributed by atoms with Gasteiger partial charge in [-0.15, -0.1) is 0 Å². The molecule has 0 unspecified atom stereocenters. The first-order valence-electron chi connectivity index (χ1n) is 7.15. The Balaban J connectivity index is -0.000000116. The summed E-state index contributed by atoms with van der Waals surface area (Å²) in [7, 11) is -3.42. The van der Waals surface area contributed by atoms with Gasteiger partial charge in [-0.25, -0.2) is 0 Å². The van der Waals surface area contributed by atoms with Gasteiger partial charge in [-0.3, -0.25) is 0 Å². The van der Waals surface area contributed by atoms with Crippen LogP contribution in [0.2, 0.25) is 78.6 Å². The third-order valence-electron chi connectivity index (χ3n) is 1.73. The number of hydrogen-bond acceptors (Lipinski definition) is 0. The molecule has 0 aromatic carbocycles. The summed E-state index contributed by atoms with van der Waals surface area (Å²) in [5.41, 5.74) is 5.31. The summed E-state index contributed by atoms with van der Waals surface area (Å²) in [5.74, 6) is 0. The summed E-state index contributed by atoms with van der Waals surface area (Å²) in [5, 5.41) is 0. The average Bonchev–Trinajstić information content (AvgIpc) is 1.64. The van der Waals surface area contributed by atoms with E-state index in [9.17, 15) is 0 Å². The monoisotopic (exact) mass is 529 g/mol. The van der Waals surface area contributed by atoms with Crippen molar-refractivity contribution in [1.29, 1.82) is 0 Å². The molecule has 19 heavy (non-hydrogen) atoms. The predicted molar refractivity (Wildman–Crippen MR) is 110 cm³/mol. The minimum Gasteiger partial charge on any atom is -0.0696 e. The molecule has 0 heterocycles. The molecule has 0 N–H and O–H groups in total. The number of hydrogen-bond donors (Lipinski definition) is 0. The minimum atomic E-state index is -0.856. The molecule has 0 spiro atoms. The van der Waals surface area contributed by atoms with E-state index < -0.39 is 32.3 Å². The van der Waals surface area contributed by atoms with Gasteiger partial charge in [0.15, 0.2) is 0 Å². The van der Waals surface area contributed by atoms with Gasteiger partial charge in [0.2, 0.25) is 0 Å². The fraction of sp³-hybridized carbons (Fsp3) is 0.857. The molecule has 5 radical (unpaired) electrons. The summed E-state index contributed by atoms with van der Waals surface area (Å²) in [6, 6.07) is 0. The second kappa shape index (κ2) is 9.02. The fourth-order valence-corrected chi connectivity index (χ4v) is 23.4. The molecule has 0 saturated carbocycles. The van der Waals surface area contributed by atoms with E-state index in [-0.39, 0.29) is 27.6 Å². The molecule has 0 rings (SSSR count). The maximum Gasteiger partial charge on any atom is 0.0444 e. The molecule has 0 bridgehead atoms. The van der Waals surface area contributed by atoms with E-state index in [1.165, 1.54) is 0 Å². The van der Waals surface area contributed by atoms with E-state index in [0.29, 0.717) is 0 Å². The van der Waals surface area contributed by atoms with Gasteiger partial charge in [0.05, 0.1) is 0 Å². The largest absolute Gasteiger partial charge is 0.0696 e. The van der Waals surface area contributed by atoms with E-state index in [2.05, 4.69) is 89.9 Å². The first-order chi connectivity index (χ1) is 7.41. The van der Waals surface area contributed by atoms with Gasteiger partial charge in [-0.1, -0.05) is 89.9 Å². The molecule has 0 aliphatic carbocycles. The van der Waals surface area contributed by atoms with Crippen molar-refractivity contribution < 1.29 is 1.43 Å². The normalized spacial score (nSPS) is 13.3. The molecule has 0 aliphatic heterocycles. The van der Waals surface area contributed by atoms with Gasteiger partial charge in [0, 0.05) is 59.9 Å². The zero-order valence-electron chi connectivity index (χ0n) is 15.6. The molecule has 0 aliphatic rings. The first-order valence-corrected chi connectivity index (χ1v) is 21.5. The van der Waals surface area contributed by atoms with Crippen molar-refractivity contribution in [2.45, 2.75) is 78.6 Å². The van der Waals surface area contributed by atoms with E-state index >= 15 is 0 Å². The minimum absolute atomic E-state index is 0. The van der Waals surface area contributed by atoms with Crippen molar-refractivity contribution in [2.75, 3.05) is 0 Å². The maximum absolute atomic E-state index is 2.65. The zero-order valence-corrected chi connectivity index (χ0v) is 23.1. The summed E-state index contributed by atoms with van der Waals surface area (Å²) in [6.45, 7) is 28.9. The molecule has 0 saturated heterocycles. The van der Waals surface area contributed by atoms with Gasteiger partial charge in [0.25, 0.3) is 0 Å². The molecule has 5 heteroatoms. The molecule has 0 aromatic heterocycles. The Kier molecular flexibility index (Phi) is 12.2. The van der Waals surface area contributed by atoms with Crippen LogP contribution in [-0.4, -0.2) is 58.5 Å².